The Kier molecular flexibility index (Phi) is 5.41. The van der Waals surface area contributed by atoms with Crippen LogP contribution in [0.25, 0.3) is 0 Å². The number of ether oxygens (including phenoxy) is 1. The van der Waals surface area contributed by atoms with E-state index in [2.05, 4.69) is 0 Å². The molecule has 0 bridgehead atoms. The van der Waals surface area contributed by atoms with Crippen molar-refractivity contribution in [1.29, 1.82) is 0 Å². The van der Waals surface area contributed by atoms with Gasteiger partial charge in [-0.2, -0.15) is 0 Å². The maximum Gasteiger partial charge on any atom is 0.124 e. The summed E-state index contributed by atoms with van der Waals surface area (Å²) in [6.45, 7) is 0.688. The maximum atomic E-state index is 13.0. The summed E-state index contributed by atoms with van der Waals surface area (Å²) in [4.78, 5) is 0. The van der Waals surface area contributed by atoms with Crippen molar-refractivity contribution in [1.82, 2.24) is 0 Å². The highest BCUT2D eigenvalue weighted by Crippen LogP contribution is 2.33. The van der Waals surface area contributed by atoms with E-state index in [4.69, 9.17) is 27.9 Å². The van der Waals surface area contributed by atoms with Gasteiger partial charge >= 0.3 is 0 Å². The van der Waals surface area contributed by atoms with E-state index in [9.17, 15) is 4.39 Å². The lowest BCUT2D eigenvalue weighted by Gasteiger charge is -2.13. The van der Waals surface area contributed by atoms with Gasteiger partial charge in [0.05, 0.1) is 12.0 Å². The van der Waals surface area contributed by atoms with E-state index in [-0.39, 0.29) is 11.2 Å². The Hall–Kier alpha value is -1.09. The van der Waals surface area contributed by atoms with Crippen molar-refractivity contribution < 1.29 is 9.13 Å². The summed E-state index contributed by atoms with van der Waals surface area (Å²) in [5.41, 5.74) is 2.82. The molecule has 0 saturated heterocycles. The van der Waals surface area contributed by atoms with E-state index in [0.717, 1.165) is 12.0 Å². The lowest BCUT2D eigenvalue weighted by molar-refractivity contribution is 0.202. The van der Waals surface area contributed by atoms with Crippen LogP contribution in [0.3, 0.4) is 0 Å². The fourth-order valence-corrected chi connectivity index (χ4v) is 2.63. The quantitative estimate of drug-likeness (QED) is 0.706. The van der Waals surface area contributed by atoms with Gasteiger partial charge in [0.15, 0.2) is 0 Å². The van der Waals surface area contributed by atoms with Gasteiger partial charge in [-0.15, -0.1) is 11.6 Å². The number of hydrogen-bond acceptors (Lipinski definition) is 1. The summed E-state index contributed by atoms with van der Waals surface area (Å²) in [6.07, 6.45) is 0.862. The molecule has 0 fully saturated rings. The maximum absolute atomic E-state index is 13.0. The standard InChI is InChI=1S/C16H15Cl2FO/c1-20-9-8-11-2-4-12(5-3-11)16(18)14-7-6-13(19)10-15(14)17/h2-7,10,16H,8-9H2,1H3. The van der Waals surface area contributed by atoms with Gasteiger partial charge in [0, 0.05) is 12.1 Å². The number of methoxy groups -OCH3 is 1. The van der Waals surface area contributed by atoms with Gasteiger partial charge in [0.1, 0.15) is 5.82 Å². The molecule has 0 heterocycles. The molecule has 0 aliphatic carbocycles. The van der Waals surface area contributed by atoms with E-state index >= 15 is 0 Å². The molecule has 0 saturated carbocycles. The van der Waals surface area contributed by atoms with Gasteiger partial charge in [-0.3, -0.25) is 0 Å². The van der Waals surface area contributed by atoms with E-state index in [1.54, 1.807) is 13.2 Å². The molecule has 1 nitrogen and oxygen atoms in total. The molecule has 106 valence electrons. The molecule has 0 spiro atoms. The van der Waals surface area contributed by atoms with E-state index in [1.807, 2.05) is 24.3 Å². The van der Waals surface area contributed by atoms with Gasteiger partial charge in [0.2, 0.25) is 0 Å². The first-order valence-corrected chi connectivity index (χ1v) is 7.10. The van der Waals surface area contributed by atoms with Gasteiger partial charge in [-0.1, -0.05) is 41.9 Å². The Morgan fingerprint density at radius 2 is 1.85 bits per heavy atom. The molecule has 0 aliphatic heterocycles. The van der Waals surface area contributed by atoms with Crippen molar-refractivity contribution in [3.63, 3.8) is 0 Å². The second-order valence-corrected chi connectivity index (χ2v) is 5.36. The zero-order valence-corrected chi connectivity index (χ0v) is 12.6. The first-order chi connectivity index (χ1) is 9.61. The third-order valence-electron chi connectivity index (χ3n) is 3.10. The van der Waals surface area contributed by atoms with Gasteiger partial charge in [-0.25, -0.2) is 4.39 Å². The summed E-state index contributed by atoms with van der Waals surface area (Å²) in [5.74, 6) is -0.363. The third-order valence-corrected chi connectivity index (χ3v) is 3.92. The summed E-state index contributed by atoms with van der Waals surface area (Å²) in [5, 5.41) is -0.0481. The van der Waals surface area contributed by atoms with Crippen LogP contribution in [-0.4, -0.2) is 13.7 Å². The number of halogens is 3. The highest BCUT2D eigenvalue weighted by atomic mass is 35.5. The third kappa shape index (κ3) is 3.72. The van der Waals surface area contributed by atoms with Crippen molar-refractivity contribution in [3.05, 3.63) is 70.0 Å². The Bertz CT molecular complexity index is 569. The molecule has 2 rings (SSSR count). The smallest absolute Gasteiger partial charge is 0.124 e. The average Bonchev–Trinajstić information content (AvgIpc) is 2.45. The molecule has 0 amide bonds. The summed E-state index contributed by atoms with van der Waals surface area (Å²) < 4.78 is 18.1. The minimum atomic E-state index is -0.389. The van der Waals surface area contributed by atoms with Crippen molar-refractivity contribution in [3.8, 4) is 0 Å². The second kappa shape index (κ2) is 7.07. The molecule has 4 heteroatoms. The van der Waals surface area contributed by atoms with Crippen LogP contribution >= 0.6 is 23.2 Å². The lowest BCUT2D eigenvalue weighted by Crippen LogP contribution is -1.97. The average molecular weight is 313 g/mol. The van der Waals surface area contributed by atoms with Crippen LogP contribution in [0.1, 0.15) is 22.1 Å². The largest absolute Gasteiger partial charge is 0.384 e. The fourth-order valence-electron chi connectivity index (χ4n) is 1.96. The predicted octanol–water partition coefficient (Wildman–Crippen LogP) is 5.00. The minimum Gasteiger partial charge on any atom is -0.384 e. The molecule has 0 aromatic heterocycles. The molecule has 2 aromatic rings. The van der Waals surface area contributed by atoms with Gasteiger partial charge < -0.3 is 4.74 Å². The molecule has 2 aromatic carbocycles. The van der Waals surface area contributed by atoms with Crippen LogP contribution < -0.4 is 0 Å². The summed E-state index contributed by atoms with van der Waals surface area (Å²) >= 11 is 12.4. The number of rotatable bonds is 5. The van der Waals surface area contributed by atoms with E-state index in [0.29, 0.717) is 17.2 Å². The molecular weight excluding hydrogens is 298 g/mol. The molecule has 0 aliphatic rings. The van der Waals surface area contributed by atoms with Gasteiger partial charge in [0.25, 0.3) is 0 Å². The Morgan fingerprint density at radius 3 is 2.45 bits per heavy atom. The molecular formula is C16H15Cl2FO. The van der Waals surface area contributed by atoms with Crippen LogP contribution in [0.5, 0.6) is 0 Å². The topological polar surface area (TPSA) is 9.23 Å². The Labute approximate surface area is 128 Å². The first kappa shape index (κ1) is 15.3. The number of hydrogen-bond donors (Lipinski definition) is 0. The summed E-state index contributed by atoms with van der Waals surface area (Å²) in [6, 6.07) is 12.2. The zero-order chi connectivity index (χ0) is 14.5. The van der Waals surface area contributed by atoms with Crippen LogP contribution in [0.15, 0.2) is 42.5 Å². The van der Waals surface area contributed by atoms with Crippen LogP contribution in [0.2, 0.25) is 5.02 Å². The summed E-state index contributed by atoms with van der Waals surface area (Å²) in [7, 11) is 1.68. The highest BCUT2D eigenvalue weighted by Gasteiger charge is 2.14. The lowest BCUT2D eigenvalue weighted by atomic mass is 10.0. The normalized spacial score (nSPS) is 12.4. The van der Waals surface area contributed by atoms with Crippen LogP contribution in [-0.2, 0) is 11.2 Å². The van der Waals surface area contributed by atoms with Crippen molar-refractivity contribution >= 4 is 23.2 Å². The van der Waals surface area contributed by atoms with Crippen molar-refractivity contribution in [2.24, 2.45) is 0 Å². The van der Waals surface area contributed by atoms with Crippen LogP contribution in [0.4, 0.5) is 4.39 Å². The highest BCUT2D eigenvalue weighted by molar-refractivity contribution is 6.33. The Balaban J connectivity index is 2.18. The number of alkyl halides is 1. The molecule has 1 atom stereocenters. The fraction of sp³-hybridized carbons (Fsp3) is 0.250. The minimum absolute atomic E-state index is 0.341. The van der Waals surface area contributed by atoms with Crippen molar-refractivity contribution in [2.45, 2.75) is 11.8 Å². The molecule has 0 N–H and O–H groups in total. The number of benzene rings is 2. The van der Waals surface area contributed by atoms with E-state index < -0.39 is 0 Å². The SMILES string of the molecule is COCCc1ccc(C(Cl)c2ccc(F)cc2Cl)cc1. The Morgan fingerprint density at radius 1 is 1.15 bits per heavy atom. The van der Waals surface area contributed by atoms with Gasteiger partial charge in [-0.05, 0) is 35.2 Å². The molecule has 1 unspecified atom stereocenters. The zero-order valence-electron chi connectivity index (χ0n) is 11.1. The van der Waals surface area contributed by atoms with E-state index in [1.165, 1.54) is 17.7 Å². The van der Waals surface area contributed by atoms with Crippen molar-refractivity contribution in [2.75, 3.05) is 13.7 Å². The van der Waals surface area contributed by atoms with Crippen LogP contribution in [0, 0.1) is 5.82 Å². The predicted molar refractivity (Wildman–Crippen MR) is 81.1 cm³/mol. The monoisotopic (exact) mass is 312 g/mol. The first-order valence-electron chi connectivity index (χ1n) is 6.28. The second-order valence-electron chi connectivity index (χ2n) is 4.51. The molecule has 0 radical (unpaired) electrons. The molecule has 20 heavy (non-hydrogen) atoms.